The molecule has 2 aliphatic heterocycles. The SMILES string of the molecule is Cn1c(=O)n(C2CCC(=O)NC2=O)c2cccc(C#CCOC3CCCCN3C(=O)OC(C)(C)C)c21. The summed E-state index contributed by atoms with van der Waals surface area (Å²) in [6.07, 6.45) is 2.20. The second-order valence-electron chi connectivity index (χ2n) is 10.1. The van der Waals surface area contributed by atoms with Crippen LogP contribution in [-0.2, 0) is 26.1 Å². The predicted molar refractivity (Wildman–Crippen MR) is 132 cm³/mol. The van der Waals surface area contributed by atoms with Gasteiger partial charge in [-0.2, -0.15) is 0 Å². The molecule has 1 aromatic carbocycles. The van der Waals surface area contributed by atoms with E-state index < -0.39 is 29.9 Å². The van der Waals surface area contributed by atoms with Crippen molar-refractivity contribution in [1.82, 2.24) is 19.4 Å². The number of carbonyl (C=O) groups is 3. The fourth-order valence-electron chi connectivity index (χ4n) is 4.64. The average Bonchev–Trinajstić information content (AvgIpc) is 3.06. The highest BCUT2D eigenvalue weighted by molar-refractivity contribution is 6.00. The second-order valence-corrected chi connectivity index (χ2v) is 10.1. The number of aryl methyl sites for hydroxylation is 1. The quantitative estimate of drug-likeness (QED) is 0.516. The third kappa shape index (κ3) is 5.31. The number of ether oxygens (including phenoxy) is 2. The fraction of sp³-hybridized carbons (Fsp3) is 0.538. The largest absolute Gasteiger partial charge is 0.444 e. The number of aromatic nitrogens is 2. The number of hydrogen-bond acceptors (Lipinski definition) is 6. The molecular weight excluding hydrogens is 464 g/mol. The highest BCUT2D eigenvalue weighted by Crippen LogP contribution is 2.25. The Morgan fingerprint density at radius 1 is 1.17 bits per heavy atom. The van der Waals surface area contributed by atoms with E-state index >= 15 is 0 Å². The van der Waals surface area contributed by atoms with Crippen LogP contribution in [0.4, 0.5) is 4.79 Å². The lowest BCUT2D eigenvalue weighted by molar-refractivity contribution is -0.135. The van der Waals surface area contributed by atoms with Gasteiger partial charge in [0.25, 0.3) is 0 Å². The number of nitrogens with one attached hydrogen (secondary N) is 1. The van der Waals surface area contributed by atoms with Gasteiger partial charge < -0.3 is 9.47 Å². The molecule has 3 amide bonds. The number of rotatable bonds is 3. The van der Waals surface area contributed by atoms with Crippen molar-refractivity contribution in [3.8, 4) is 11.8 Å². The first-order valence-electron chi connectivity index (χ1n) is 12.2. The Bertz CT molecular complexity index is 1310. The van der Waals surface area contributed by atoms with Crippen molar-refractivity contribution in [3.05, 3.63) is 34.2 Å². The summed E-state index contributed by atoms with van der Waals surface area (Å²) in [5.74, 6) is 5.26. The van der Waals surface area contributed by atoms with Gasteiger partial charge in [-0.3, -0.25) is 28.9 Å². The summed E-state index contributed by atoms with van der Waals surface area (Å²) in [7, 11) is 1.63. The van der Waals surface area contributed by atoms with Gasteiger partial charge >= 0.3 is 11.8 Å². The van der Waals surface area contributed by atoms with Gasteiger partial charge in [0.05, 0.1) is 16.6 Å². The Morgan fingerprint density at radius 2 is 1.94 bits per heavy atom. The van der Waals surface area contributed by atoms with Gasteiger partial charge in [0.2, 0.25) is 11.8 Å². The number of fused-ring (bicyclic) bond motifs is 1. The fourth-order valence-corrected chi connectivity index (χ4v) is 4.64. The molecular formula is C26H32N4O6. The number of hydrogen-bond donors (Lipinski definition) is 1. The Balaban J connectivity index is 1.53. The molecule has 0 aliphatic carbocycles. The summed E-state index contributed by atoms with van der Waals surface area (Å²) in [6.45, 7) is 6.16. The van der Waals surface area contributed by atoms with Gasteiger partial charge in [-0.1, -0.05) is 17.9 Å². The minimum Gasteiger partial charge on any atom is -0.444 e. The molecule has 0 spiro atoms. The summed E-state index contributed by atoms with van der Waals surface area (Å²) >= 11 is 0. The third-order valence-electron chi connectivity index (χ3n) is 6.27. The second kappa shape index (κ2) is 10.2. The van der Waals surface area contributed by atoms with Gasteiger partial charge in [0.1, 0.15) is 24.5 Å². The Hall–Kier alpha value is -3.58. The molecule has 2 aliphatic rings. The molecule has 0 bridgehead atoms. The van der Waals surface area contributed by atoms with E-state index in [1.807, 2.05) is 20.8 Å². The molecule has 2 saturated heterocycles. The molecule has 10 heteroatoms. The van der Waals surface area contributed by atoms with Gasteiger partial charge in [-0.25, -0.2) is 9.59 Å². The van der Waals surface area contributed by atoms with Crippen LogP contribution in [0.5, 0.6) is 0 Å². The summed E-state index contributed by atoms with van der Waals surface area (Å²) in [5.41, 5.74) is 0.869. The number of amides is 3. The summed E-state index contributed by atoms with van der Waals surface area (Å²) in [6, 6.07) is 4.59. The van der Waals surface area contributed by atoms with Crippen LogP contribution in [0, 0.1) is 11.8 Å². The Labute approximate surface area is 209 Å². The molecule has 0 radical (unpaired) electrons. The highest BCUT2D eigenvalue weighted by Gasteiger charge is 2.32. The molecule has 2 unspecified atom stereocenters. The smallest absolute Gasteiger partial charge is 0.412 e. The van der Waals surface area contributed by atoms with Crippen molar-refractivity contribution in [3.63, 3.8) is 0 Å². The van der Waals surface area contributed by atoms with E-state index in [1.165, 1.54) is 9.13 Å². The predicted octanol–water partition coefficient (Wildman–Crippen LogP) is 2.43. The lowest BCUT2D eigenvalue weighted by Gasteiger charge is -2.36. The summed E-state index contributed by atoms with van der Waals surface area (Å²) in [4.78, 5) is 51.2. The molecule has 3 heterocycles. The summed E-state index contributed by atoms with van der Waals surface area (Å²) in [5, 5.41) is 2.31. The van der Waals surface area contributed by atoms with Crippen molar-refractivity contribution in [2.45, 2.75) is 70.7 Å². The number of nitrogens with zero attached hydrogens (tertiary/aromatic N) is 3. The number of likely N-dealkylation sites (tertiary alicyclic amines) is 1. The van der Waals surface area contributed by atoms with Gasteiger partial charge in [-0.15, -0.1) is 0 Å². The van der Waals surface area contributed by atoms with Crippen molar-refractivity contribution < 1.29 is 23.9 Å². The first-order valence-corrected chi connectivity index (χ1v) is 12.2. The van der Waals surface area contributed by atoms with Gasteiger partial charge in [0.15, 0.2) is 0 Å². The molecule has 2 atom stereocenters. The van der Waals surface area contributed by atoms with E-state index in [4.69, 9.17) is 9.47 Å². The molecule has 0 saturated carbocycles. The van der Waals surface area contributed by atoms with E-state index in [9.17, 15) is 19.2 Å². The monoisotopic (exact) mass is 496 g/mol. The van der Waals surface area contributed by atoms with Crippen LogP contribution in [0.1, 0.15) is 64.5 Å². The minimum absolute atomic E-state index is 0.0994. The molecule has 1 N–H and O–H groups in total. The van der Waals surface area contributed by atoms with Crippen molar-refractivity contribution in [2.24, 2.45) is 7.05 Å². The average molecular weight is 497 g/mol. The summed E-state index contributed by atoms with van der Waals surface area (Å²) < 4.78 is 14.3. The number of imidazole rings is 1. The standard InChI is InChI=1S/C26H32N4O6/c1-26(2,3)36-25(34)29-15-6-5-12-21(29)35-16-8-10-17-9-7-11-18-22(17)28(4)24(33)30(18)19-13-14-20(31)27-23(19)32/h7,9,11,19,21H,5-6,12-16H2,1-4H3,(H,27,31,32). The van der Waals surface area contributed by atoms with Crippen LogP contribution >= 0.6 is 0 Å². The zero-order valence-electron chi connectivity index (χ0n) is 21.1. The van der Waals surface area contributed by atoms with Crippen molar-refractivity contribution in [2.75, 3.05) is 13.2 Å². The molecule has 10 nitrogen and oxygen atoms in total. The zero-order valence-corrected chi connectivity index (χ0v) is 21.1. The Kier molecular flexibility index (Phi) is 7.22. The van der Waals surface area contributed by atoms with E-state index in [0.29, 0.717) is 29.6 Å². The van der Waals surface area contributed by atoms with Crippen LogP contribution in [0.3, 0.4) is 0 Å². The lowest BCUT2D eigenvalue weighted by Crippen LogP contribution is -2.47. The van der Waals surface area contributed by atoms with Crippen molar-refractivity contribution >= 4 is 28.9 Å². The Morgan fingerprint density at radius 3 is 2.67 bits per heavy atom. The number of benzene rings is 1. The van der Waals surface area contributed by atoms with Crippen LogP contribution in [0.25, 0.3) is 11.0 Å². The first-order chi connectivity index (χ1) is 17.1. The third-order valence-corrected chi connectivity index (χ3v) is 6.27. The maximum absolute atomic E-state index is 13.0. The van der Waals surface area contributed by atoms with Crippen LogP contribution < -0.4 is 11.0 Å². The molecule has 36 heavy (non-hydrogen) atoms. The van der Waals surface area contributed by atoms with E-state index in [1.54, 1.807) is 30.1 Å². The lowest BCUT2D eigenvalue weighted by atomic mass is 10.1. The molecule has 192 valence electrons. The zero-order chi connectivity index (χ0) is 26.0. The molecule has 4 rings (SSSR count). The maximum atomic E-state index is 13.0. The topological polar surface area (TPSA) is 112 Å². The van der Waals surface area contributed by atoms with E-state index in [-0.39, 0.29) is 31.0 Å². The number of imide groups is 1. The highest BCUT2D eigenvalue weighted by atomic mass is 16.6. The number of para-hydroxylation sites is 1. The molecule has 2 aromatic rings. The van der Waals surface area contributed by atoms with E-state index in [2.05, 4.69) is 17.2 Å². The number of piperidine rings is 2. The van der Waals surface area contributed by atoms with Crippen molar-refractivity contribution in [1.29, 1.82) is 0 Å². The number of carbonyl (C=O) groups excluding carboxylic acids is 3. The van der Waals surface area contributed by atoms with Gasteiger partial charge in [0, 0.05) is 20.0 Å². The van der Waals surface area contributed by atoms with Crippen LogP contribution in [0.15, 0.2) is 23.0 Å². The molecule has 1 aromatic heterocycles. The normalized spacial score (nSPS) is 20.6. The van der Waals surface area contributed by atoms with Crippen LogP contribution in [0.2, 0.25) is 0 Å². The minimum atomic E-state index is -0.754. The first kappa shape index (κ1) is 25.5. The molecule has 2 fully saturated rings. The van der Waals surface area contributed by atoms with Crippen LogP contribution in [-0.4, -0.2) is 56.9 Å². The van der Waals surface area contributed by atoms with Gasteiger partial charge in [-0.05, 0) is 58.6 Å². The maximum Gasteiger partial charge on any atom is 0.412 e. The van der Waals surface area contributed by atoms with E-state index in [0.717, 1.165) is 12.8 Å².